The Bertz CT molecular complexity index is 1100. The highest BCUT2D eigenvalue weighted by Gasteiger charge is 2.24. The molecule has 3 aromatic rings. The van der Waals surface area contributed by atoms with Crippen LogP contribution >= 0.6 is 9.16 Å². The van der Waals surface area contributed by atoms with Crippen LogP contribution in [0.1, 0.15) is 22.0 Å². The van der Waals surface area contributed by atoms with Gasteiger partial charge in [-0.15, -0.1) is 0 Å². The summed E-state index contributed by atoms with van der Waals surface area (Å²) in [5.74, 6) is 0.936. The Balaban J connectivity index is 1.75. The summed E-state index contributed by atoms with van der Waals surface area (Å²) in [4.78, 5) is 26.0. The Hall–Kier alpha value is -3.23. The van der Waals surface area contributed by atoms with Crippen LogP contribution in [0.4, 0.5) is 11.5 Å². The molecule has 0 saturated carbocycles. The van der Waals surface area contributed by atoms with Crippen LogP contribution < -0.4 is 16.0 Å². The third kappa shape index (κ3) is 6.42. The molecule has 1 heterocycles. The molecule has 7 nitrogen and oxygen atoms in total. The fourth-order valence-corrected chi connectivity index (χ4v) is 4.81. The van der Waals surface area contributed by atoms with Gasteiger partial charge in [0.25, 0.3) is 5.91 Å². The lowest BCUT2D eigenvalue weighted by Crippen LogP contribution is -2.34. The van der Waals surface area contributed by atoms with Gasteiger partial charge in [0.1, 0.15) is 11.6 Å². The second-order valence-corrected chi connectivity index (χ2v) is 17.9. The molecule has 3 rings (SSSR count). The van der Waals surface area contributed by atoms with Gasteiger partial charge in [0, 0.05) is 13.2 Å². The molecule has 0 radical (unpaired) electrons. The maximum Gasteiger partial charge on any atom is 0.255 e. The number of nitrogen functional groups attached to an aromatic ring is 1. The standard InChI is InChI=1S/C26H36N4O3S/c1-30(26(31)20-9-16-25(27)28-17-20)24(19-7-12-22(32-2)13-8-19)18-33-29-21-10-14-23(15-11-21)34(3,4,5)6/h7-17,24,29,34H,18H2,1-6H3,(H2,27,28). The molecule has 1 unspecified atom stereocenters. The number of pyridine rings is 1. The second kappa shape index (κ2) is 9.95. The highest BCUT2D eigenvalue weighted by molar-refractivity contribution is 8.47. The maximum absolute atomic E-state index is 13.1. The molecule has 34 heavy (non-hydrogen) atoms. The van der Waals surface area contributed by atoms with Crippen molar-refractivity contribution in [3.05, 3.63) is 78.0 Å². The quantitative estimate of drug-likeness (QED) is 0.307. The van der Waals surface area contributed by atoms with Crippen LogP contribution in [0.2, 0.25) is 0 Å². The lowest BCUT2D eigenvalue weighted by Gasteiger charge is -2.47. The molecule has 0 aliphatic heterocycles. The van der Waals surface area contributed by atoms with Gasteiger partial charge in [-0.25, -0.2) is 4.98 Å². The number of thiol groups is 1. The van der Waals surface area contributed by atoms with Gasteiger partial charge in [-0.05, 0) is 84.0 Å². The number of nitrogens with one attached hydrogen (secondary N) is 1. The van der Waals surface area contributed by atoms with E-state index in [4.69, 9.17) is 15.3 Å². The molecule has 0 aliphatic carbocycles. The van der Waals surface area contributed by atoms with E-state index in [-0.39, 0.29) is 18.6 Å². The molecule has 3 N–H and O–H groups in total. The monoisotopic (exact) mass is 484 g/mol. The molecule has 1 atom stereocenters. The minimum Gasteiger partial charge on any atom is -0.497 e. The van der Waals surface area contributed by atoms with Crippen LogP contribution in [0, 0.1) is 0 Å². The molecule has 0 spiro atoms. The van der Waals surface area contributed by atoms with Crippen molar-refractivity contribution in [3.8, 4) is 5.75 Å². The first-order chi connectivity index (χ1) is 15.9. The summed E-state index contributed by atoms with van der Waals surface area (Å²) in [6, 6.07) is 18.9. The van der Waals surface area contributed by atoms with Crippen molar-refractivity contribution >= 4 is 26.6 Å². The molecule has 0 bridgehead atoms. The van der Waals surface area contributed by atoms with Crippen LogP contribution in [0.15, 0.2) is 71.8 Å². The molecule has 1 aromatic heterocycles. The summed E-state index contributed by atoms with van der Waals surface area (Å²) in [5.41, 5.74) is 10.9. The average molecular weight is 485 g/mol. The van der Waals surface area contributed by atoms with Gasteiger partial charge in [0.05, 0.1) is 31.0 Å². The number of carbonyl (C=O) groups excluding carboxylic acids is 1. The minimum absolute atomic E-state index is 0.177. The number of aromatic nitrogens is 1. The first-order valence-corrected chi connectivity index (χ1v) is 15.1. The van der Waals surface area contributed by atoms with Crippen molar-refractivity contribution in [2.45, 2.75) is 10.9 Å². The Labute approximate surface area is 202 Å². The molecule has 8 heteroatoms. The van der Waals surface area contributed by atoms with Crippen LogP contribution in [0.5, 0.6) is 5.75 Å². The normalized spacial score (nSPS) is 13.4. The van der Waals surface area contributed by atoms with Crippen molar-refractivity contribution in [1.82, 2.24) is 9.88 Å². The van der Waals surface area contributed by atoms with Crippen molar-refractivity contribution < 1.29 is 14.4 Å². The first-order valence-electron chi connectivity index (χ1n) is 11.1. The number of rotatable bonds is 9. The van der Waals surface area contributed by atoms with Crippen molar-refractivity contribution in [2.24, 2.45) is 0 Å². The summed E-state index contributed by atoms with van der Waals surface area (Å²) in [7, 11) is 1.55. The minimum atomic E-state index is -1.83. The van der Waals surface area contributed by atoms with E-state index in [2.05, 4.69) is 47.6 Å². The van der Waals surface area contributed by atoms with E-state index in [0.717, 1.165) is 17.0 Å². The fraction of sp³-hybridized carbons (Fsp3) is 0.308. The smallest absolute Gasteiger partial charge is 0.255 e. The van der Waals surface area contributed by atoms with Crippen LogP contribution in [0.25, 0.3) is 0 Å². The number of hydrogen-bond donors (Lipinski definition) is 3. The van der Waals surface area contributed by atoms with E-state index in [0.29, 0.717) is 11.4 Å². The number of amides is 1. The number of benzene rings is 2. The van der Waals surface area contributed by atoms with Gasteiger partial charge in [-0.2, -0.15) is 0 Å². The Morgan fingerprint density at radius 1 is 1.03 bits per heavy atom. The summed E-state index contributed by atoms with van der Waals surface area (Å²) in [5, 5.41) is 0. The van der Waals surface area contributed by atoms with Crippen molar-refractivity contribution in [1.29, 1.82) is 0 Å². The Morgan fingerprint density at radius 2 is 1.68 bits per heavy atom. The number of ether oxygens (including phenoxy) is 1. The lowest BCUT2D eigenvalue weighted by molar-refractivity contribution is 0.0598. The predicted octanol–water partition coefficient (Wildman–Crippen LogP) is 4.48. The Kier molecular flexibility index (Phi) is 7.43. The average Bonchev–Trinajstić information content (AvgIpc) is 2.81. The van der Waals surface area contributed by atoms with E-state index in [1.54, 1.807) is 31.2 Å². The maximum atomic E-state index is 13.1. The SMILES string of the molecule is COc1ccc(C(CONc2ccc([SH](C)(C)(C)C)cc2)N(C)C(=O)c2ccc(N)nc2)cc1. The fourth-order valence-electron chi connectivity index (χ4n) is 3.46. The largest absolute Gasteiger partial charge is 0.497 e. The molecule has 0 fully saturated rings. The number of methoxy groups -OCH3 is 1. The highest BCUT2D eigenvalue weighted by Crippen LogP contribution is 2.63. The Morgan fingerprint density at radius 3 is 2.21 bits per heavy atom. The highest BCUT2D eigenvalue weighted by atomic mass is 32.3. The molecule has 2 aromatic carbocycles. The van der Waals surface area contributed by atoms with Gasteiger partial charge in [0.2, 0.25) is 0 Å². The van der Waals surface area contributed by atoms with E-state index in [9.17, 15) is 4.79 Å². The summed E-state index contributed by atoms with van der Waals surface area (Å²) in [6.07, 6.45) is 10.8. The number of nitrogens with two attached hydrogens (primary N) is 1. The van der Waals surface area contributed by atoms with Crippen LogP contribution in [-0.4, -0.2) is 61.6 Å². The third-order valence-electron chi connectivity index (χ3n) is 5.65. The summed E-state index contributed by atoms with van der Waals surface area (Å²) in [6.45, 7) is 0.237. The molecule has 0 aliphatic rings. The lowest BCUT2D eigenvalue weighted by atomic mass is 10.1. The van der Waals surface area contributed by atoms with Crippen LogP contribution in [-0.2, 0) is 4.84 Å². The number of carbonyl (C=O) groups is 1. The van der Waals surface area contributed by atoms with Gasteiger partial charge in [0.15, 0.2) is 0 Å². The number of anilines is 2. The third-order valence-corrected chi connectivity index (χ3v) is 8.02. The topological polar surface area (TPSA) is 89.7 Å². The van der Waals surface area contributed by atoms with Crippen LogP contribution in [0.3, 0.4) is 0 Å². The summed E-state index contributed by atoms with van der Waals surface area (Å²) < 4.78 is 5.28. The number of hydrogen-bond acceptors (Lipinski definition) is 6. The zero-order chi connectivity index (χ0) is 25.0. The first kappa shape index (κ1) is 25.4. The van der Waals surface area contributed by atoms with Gasteiger partial charge in [-0.1, -0.05) is 12.1 Å². The molecule has 0 saturated heterocycles. The predicted molar refractivity (Wildman–Crippen MR) is 143 cm³/mol. The zero-order valence-corrected chi connectivity index (χ0v) is 21.7. The van der Waals surface area contributed by atoms with Gasteiger partial charge in [-0.3, -0.25) is 24.3 Å². The molecular weight excluding hydrogens is 448 g/mol. The zero-order valence-electron chi connectivity index (χ0n) is 20.8. The van der Waals surface area contributed by atoms with E-state index >= 15 is 0 Å². The molecular formula is C26H36N4O3S. The van der Waals surface area contributed by atoms with Gasteiger partial charge >= 0.3 is 0 Å². The second-order valence-electron chi connectivity index (χ2n) is 10.2. The molecule has 184 valence electrons. The van der Waals surface area contributed by atoms with E-state index in [1.165, 1.54) is 11.1 Å². The summed E-state index contributed by atoms with van der Waals surface area (Å²) >= 11 is 0. The number of nitrogens with zero attached hydrogens (tertiary/aromatic N) is 2. The van der Waals surface area contributed by atoms with Crippen molar-refractivity contribution in [3.63, 3.8) is 0 Å². The van der Waals surface area contributed by atoms with Crippen molar-refractivity contribution in [2.75, 3.05) is 57.0 Å². The van der Waals surface area contributed by atoms with E-state index < -0.39 is 9.16 Å². The number of likely N-dealkylation sites (N-methyl/N-ethyl adjacent to an activating group) is 1. The molecule has 1 amide bonds. The van der Waals surface area contributed by atoms with E-state index in [1.807, 2.05) is 36.4 Å². The van der Waals surface area contributed by atoms with Gasteiger partial charge < -0.3 is 15.4 Å².